The molecule has 0 saturated heterocycles. The summed E-state index contributed by atoms with van der Waals surface area (Å²) < 4.78 is 1.52. The van der Waals surface area contributed by atoms with E-state index in [0.717, 1.165) is 12.0 Å². The summed E-state index contributed by atoms with van der Waals surface area (Å²) >= 11 is 0. The van der Waals surface area contributed by atoms with Crippen molar-refractivity contribution in [2.45, 2.75) is 25.7 Å². The number of hydrogen-bond donors (Lipinski definition) is 1. The summed E-state index contributed by atoms with van der Waals surface area (Å²) in [5.41, 5.74) is 2.13. The number of carboxylic acid groups (broad SMARTS) is 1. The van der Waals surface area contributed by atoms with E-state index >= 15 is 0 Å². The van der Waals surface area contributed by atoms with E-state index < -0.39 is 5.97 Å². The molecule has 0 fully saturated rings. The Bertz CT molecular complexity index is 562. The summed E-state index contributed by atoms with van der Waals surface area (Å²) in [4.78, 5) is 11.0. The van der Waals surface area contributed by atoms with Crippen LogP contribution in [0, 0.1) is 0 Å². The molecule has 1 atom stereocenters. The SMILES string of the molecule is CCc1ccc(C(CC(=O)O)c2nnnn2C)cc1. The number of rotatable bonds is 5. The highest BCUT2D eigenvalue weighted by molar-refractivity contribution is 5.68. The van der Waals surface area contributed by atoms with E-state index in [1.807, 2.05) is 24.3 Å². The van der Waals surface area contributed by atoms with Crippen LogP contribution in [0.1, 0.15) is 36.2 Å². The fourth-order valence-corrected chi connectivity index (χ4v) is 2.05. The third-order valence-electron chi connectivity index (χ3n) is 3.13. The van der Waals surface area contributed by atoms with E-state index in [2.05, 4.69) is 22.4 Å². The molecule has 1 aromatic heterocycles. The second-order valence-corrected chi connectivity index (χ2v) is 4.41. The zero-order chi connectivity index (χ0) is 13.8. The molecule has 0 aliphatic carbocycles. The van der Waals surface area contributed by atoms with Gasteiger partial charge in [-0.2, -0.15) is 0 Å². The number of aliphatic carboxylic acids is 1. The lowest BCUT2D eigenvalue weighted by atomic mass is 9.94. The predicted molar refractivity (Wildman–Crippen MR) is 68.7 cm³/mol. The summed E-state index contributed by atoms with van der Waals surface area (Å²) in [6.07, 6.45) is 0.926. The Kier molecular flexibility index (Phi) is 3.89. The lowest BCUT2D eigenvalue weighted by Crippen LogP contribution is -2.13. The minimum absolute atomic E-state index is 0.0281. The van der Waals surface area contributed by atoms with Gasteiger partial charge in [0.1, 0.15) is 0 Å². The van der Waals surface area contributed by atoms with E-state index in [1.54, 1.807) is 7.05 Å². The van der Waals surface area contributed by atoms with Crippen LogP contribution < -0.4 is 0 Å². The molecule has 2 aromatic rings. The van der Waals surface area contributed by atoms with Gasteiger partial charge in [0, 0.05) is 7.05 Å². The van der Waals surface area contributed by atoms with Crippen LogP contribution in [0.15, 0.2) is 24.3 Å². The largest absolute Gasteiger partial charge is 0.481 e. The van der Waals surface area contributed by atoms with Crippen LogP contribution in [0.4, 0.5) is 0 Å². The first kappa shape index (κ1) is 13.2. The molecule has 0 saturated carbocycles. The zero-order valence-electron chi connectivity index (χ0n) is 10.9. The number of aromatic nitrogens is 4. The Morgan fingerprint density at radius 2 is 2.05 bits per heavy atom. The number of carbonyl (C=O) groups is 1. The molecule has 1 unspecified atom stereocenters. The molecule has 6 nitrogen and oxygen atoms in total. The van der Waals surface area contributed by atoms with Crippen molar-refractivity contribution < 1.29 is 9.90 Å². The molecule has 2 rings (SSSR count). The molecule has 0 spiro atoms. The minimum Gasteiger partial charge on any atom is -0.481 e. The molecular formula is C13H16N4O2. The molecule has 19 heavy (non-hydrogen) atoms. The van der Waals surface area contributed by atoms with Gasteiger partial charge in [0.2, 0.25) is 0 Å². The number of hydrogen-bond acceptors (Lipinski definition) is 4. The average molecular weight is 260 g/mol. The van der Waals surface area contributed by atoms with Gasteiger partial charge in [-0.15, -0.1) is 5.10 Å². The topological polar surface area (TPSA) is 80.9 Å². The molecule has 0 aliphatic heterocycles. The molecule has 0 radical (unpaired) electrons. The number of carboxylic acids is 1. The van der Waals surface area contributed by atoms with Crippen LogP contribution >= 0.6 is 0 Å². The van der Waals surface area contributed by atoms with Crippen molar-refractivity contribution >= 4 is 5.97 Å². The molecule has 0 aliphatic rings. The highest BCUT2D eigenvalue weighted by Crippen LogP contribution is 2.26. The fourth-order valence-electron chi connectivity index (χ4n) is 2.05. The van der Waals surface area contributed by atoms with Gasteiger partial charge < -0.3 is 5.11 Å². The van der Waals surface area contributed by atoms with Crippen molar-refractivity contribution in [1.82, 2.24) is 20.2 Å². The Morgan fingerprint density at radius 1 is 1.37 bits per heavy atom. The van der Waals surface area contributed by atoms with E-state index in [1.165, 1.54) is 10.2 Å². The highest BCUT2D eigenvalue weighted by Gasteiger charge is 2.22. The van der Waals surface area contributed by atoms with Crippen molar-refractivity contribution in [3.63, 3.8) is 0 Å². The van der Waals surface area contributed by atoms with E-state index in [-0.39, 0.29) is 12.3 Å². The number of aryl methyl sites for hydroxylation is 2. The second kappa shape index (κ2) is 5.60. The Hall–Kier alpha value is -2.24. The lowest BCUT2D eigenvalue weighted by Gasteiger charge is -2.14. The molecule has 1 aromatic carbocycles. The molecular weight excluding hydrogens is 244 g/mol. The maximum Gasteiger partial charge on any atom is 0.304 e. The Labute approximate surface area is 111 Å². The first-order valence-electron chi connectivity index (χ1n) is 6.14. The van der Waals surface area contributed by atoms with Gasteiger partial charge in [0.15, 0.2) is 5.82 Å². The zero-order valence-corrected chi connectivity index (χ0v) is 10.9. The fraction of sp³-hybridized carbons (Fsp3) is 0.385. The predicted octanol–water partition coefficient (Wildman–Crippen LogP) is 1.38. The molecule has 0 bridgehead atoms. The smallest absolute Gasteiger partial charge is 0.304 e. The summed E-state index contributed by atoms with van der Waals surface area (Å²) in [6, 6.07) is 7.91. The van der Waals surface area contributed by atoms with E-state index in [0.29, 0.717) is 5.82 Å². The van der Waals surface area contributed by atoms with Crippen LogP contribution in [0.3, 0.4) is 0 Å². The summed E-state index contributed by atoms with van der Waals surface area (Å²) in [5.74, 6) is -0.636. The molecule has 0 amide bonds. The van der Waals surface area contributed by atoms with Gasteiger partial charge >= 0.3 is 5.97 Å². The van der Waals surface area contributed by atoms with Gasteiger partial charge in [-0.25, -0.2) is 4.68 Å². The maximum atomic E-state index is 11.0. The van der Waals surface area contributed by atoms with Crippen LogP contribution in [-0.2, 0) is 18.3 Å². The van der Waals surface area contributed by atoms with Crippen molar-refractivity contribution in [1.29, 1.82) is 0 Å². The third kappa shape index (κ3) is 2.96. The van der Waals surface area contributed by atoms with Gasteiger partial charge in [0.25, 0.3) is 0 Å². The van der Waals surface area contributed by atoms with Crippen molar-refractivity contribution in [3.8, 4) is 0 Å². The van der Waals surface area contributed by atoms with Crippen molar-refractivity contribution in [3.05, 3.63) is 41.2 Å². The minimum atomic E-state index is -0.868. The third-order valence-corrected chi connectivity index (χ3v) is 3.13. The van der Waals surface area contributed by atoms with Crippen LogP contribution in [0.2, 0.25) is 0 Å². The quantitative estimate of drug-likeness (QED) is 0.878. The molecule has 100 valence electrons. The second-order valence-electron chi connectivity index (χ2n) is 4.41. The van der Waals surface area contributed by atoms with Crippen LogP contribution in [0.5, 0.6) is 0 Å². The number of nitrogens with zero attached hydrogens (tertiary/aromatic N) is 4. The van der Waals surface area contributed by atoms with Crippen LogP contribution in [0.25, 0.3) is 0 Å². The van der Waals surface area contributed by atoms with Gasteiger partial charge in [-0.3, -0.25) is 4.79 Å². The van der Waals surface area contributed by atoms with Crippen molar-refractivity contribution in [2.24, 2.45) is 7.05 Å². The van der Waals surface area contributed by atoms with Gasteiger partial charge in [0.05, 0.1) is 12.3 Å². The van der Waals surface area contributed by atoms with Crippen LogP contribution in [-0.4, -0.2) is 31.3 Å². The van der Waals surface area contributed by atoms with E-state index in [9.17, 15) is 4.79 Å². The standard InChI is InChI=1S/C13H16N4O2/c1-3-9-4-6-10(7-5-9)11(8-12(18)19)13-14-15-16-17(13)2/h4-7,11H,3,8H2,1-2H3,(H,18,19). The Morgan fingerprint density at radius 3 is 2.53 bits per heavy atom. The maximum absolute atomic E-state index is 11.0. The number of benzene rings is 1. The molecule has 1 N–H and O–H groups in total. The van der Waals surface area contributed by atoms with E-state index in [4.69, 9.17) is 5.11 Å². The monoisotopic (exact) mass is 260 g/mol. The first-order chi connectivity index (χ1) is 9.11. The first-order valence-corrected chi connectivity index (χ1v) is 6.14. The summed E-state index contributed by atoms with van der Waals surface area (Å²) in [6.45, 7) is 2.08. The highest BCUT2D eigenvalue weighted by atomic mass is 16.4. The summed E-state index contributed by atoms with van der Waals surface area (Å²) in [7, 11) is 1.71. The van der Waals surface area contributed by atoms with Gasteiger partial charge in [-0.05, 0) is 28.0 Å². The molecule has 1 heterocycles. The Balaban J connectivity index is 2.36. The normalized spacial score (nSPS) is 12.3. The number of tetrazole rings is 1. The van der Waals surface area contributed by atoms with Gasteiger partial charge in [-0.1, -0.05) is 31.2 Å². The average Bonchev–Trinajstić information content (AvgIpc) is 2.82. The van der Waals surface area contributed by atoms with Crippen molar-refractivity contribution in [2.75, 3.05) is 0 Å². The lowest BCUT2D eigenvalue weighted by molar-refractivity contribution is -0.137. The summed E-state index contributed by atoms with van der Waals surface area (Å²) in [5, 5.41) is 20.3. The molecule has 6 heteroatoms.